The van der Waals surface area contributed by atoms with Crippen molar-refractivity contribution in [2.24, 2.45) is 0 Å². The Morgan fingerprint density at radius 3 is 2.84 bits per heavy atom. The lowest BCUT2D eigenvalue weighted by Crippen LogP contribution is -2.51. The molecule has 1 atom stereocenters. The van der Waals surface area contributed by atoms with Crippen LogP contribution in [0, 0.1) is 0 Å². The van der Waals surface area contributed by atoms with Crippen LogP contribution >= 0.6 is 0 Å². The third-order valence-corrected chi connectivity index (χ3v) is 3.84. The first-order valence-electron chi connectivity index (χ1n) is 6.73. The fourth-order valence-corrected chi connectivity index (χ4v) is 2.09. The molecular weight excluding hydrogens is 240 g/mol. The Morgan fingerprint density at radius 2 is 2.16 bits per heavy atom. The van der Waals surface area contributed by atoms with E-state index in [1.165, 1.54) is 11.1 Å². The van der Waals surface area contributed by atoms with Gasteiger partial charge in [-0.25, -0.2) is 0 Å². The number of nitrogens with one attached hydrogen (secondary N) is 2. The normalized spacial score (nSPS) is 16.6. The van der Waals surface area contributed by atoms with Crippen LogP contribution in [-0.2, 0) is 13.0 Å². The Hall–Kier alpha value is -1.39. The van der Waals surface area contributed by atoms with E-state index in [9.17, 15) is 9.90 Å². The summed E-state index contributed by atoms with van der Waals surface area (Å²) in [7, 11) is 0. The van der Waals surface area contributed by atoms with Crippen LogP contribution in [0.2, 0.25) is 0 Å². The molecule has 1 aromatic carbocycles. The summed E-state index contributed by atoms with van der Waals surface area (Å²) in [6.45, 7) is 7.12. The van der Waals surface area contributed by atoms with Gasteiger partial charge in [-0.2, -0.15) is 0 Å². The largest absolute Gasteiger partial charge is 0.391 e. The Morgan fingerprint density at radius 1 is 1.42 bits per heavy atom. The molecule has 2 rings (SSSR count). The number of fused-ring (bicyclic) bond motifs is 1. The maximum Gasteiger partial charge on any atom is 0.251 e. The molecule has 3 N–H and O–H groups in total. The predicted octanol–water partition coefficient (Wildman–Crippen LogP) is 1.22. The minimum Gasteiger partial charge on any atom is -0.391 e. The van der Waals surface area contributed by atoms with E-state index in [0.29, 0.717) is 5.56 Å². The minimum atomic E-state index is -0.634. The van der Waals surface area contributed by atoms with Crippen molar-refractivity contribution in [1.29, 1.82) is 0 Å². The fraction of sp³-hybridized carbons (Fsp3) is 0.533. The summed E-state index contributed by atoms with van der Waals surface area (Å²) >= 11 is 0. The van der Waals surface area contributed by atoms with Gasteiger partial charge in [0.25, 0.3) is 5.91 Å². The number of amides is 1. The van der Waals surface area contributed by atoms with Gasteiger partial charge in [0.15, 0.2) is 0 Å². The molecule has 1 heterocycles. The van der Waals surface area contributed by atoms with Gasteiger partial charge in [0.1, 0.15) is 0 Å². The van der Waals surface area contributed by atoms with Crippen molar-refractivity contribution >= 4 is 5.91 Å². The lowest BCUT2D eigenvalue weighted by molar-refractivity contribution is 0.0709. The molecule has 0 fully saturated rings. The zero-order valence-electron chi connectivity index (χ0n) is 11.8. The number of carbonyl (C=O) groups is 1. The second kappa shape index (κ2) is 5.31. The third-order valence-electron chi connectivity index (χ3n) is 3.84. The summed E-state index contributed by atoms with van der Waals surface area (Å²) in [6.07, 6.45) is 0.409. The molecule has 0 saturated heterocycles. The van der Waals surface area contributed by atoms with Crippen molar-refractivity contribution in [1.82, 2.24) is 10.6 Å². The van der Waals surface area contributed by atoms with Crippen LogP contribution < -0.4 is 10.6 Å². The maximum absolute atomic E-state index is 12.2. The van der Waals surface area contributed by atoms with Crippen molar-refractivity contribution in [2.45, 2.75) is 45.4 Å². The van der Waals surface area contributed by atoms with Gasteiger partial charge in [0.05, 0.1) is 11.6 Å². The molecule has 1 unspecified atom stereocenters. The second-order valence-electron chi connectivity index (χ2n) is 5.76. The van der Waals surface area contributed by atoms with Gasteiger partial charge < -0.3 is 15.7 Å². The molecule has 4 nitrogen and oxygen atoms in total. The molecule has 0 spiro atoms. The third kappa shape index (κ3) is 3.14. The molecule has 4 heteroatoms. The first kappa shape index (κ1) is 14.0. The average Bonchev–Trinajstić information content (AvgIpc) is 2.37. The summed E-state index contributed by atoms with van der Waals surface area (Å²) in [5, 5.41) is 15.8. The zero-order chi connectivity index (χ0) is 14.0. The van der Waals surface area contributed by atoms with Gasteiger partial charge in [0.2, 0.25) is 0 Å². The number of carbonyl (C=O) groups excluding carboxylic acids is 1. The summed E-state index contributed by atoms with van der Waals surface area (Å²) in [4.78, 5) is 12.2. The van der Waals surface area contributed by atoms with E-state index in [4.69, 9.17) is 0 Å². The monoisotopic (exact) mass is 262 g/mol. The fourth-order valence-electron chi connectivity index (χ4n) is 2.09. The summed E-state index contributed by atoms with van der Waals surface area (Å²) in [6, 6.07) is 5.83. The van der Waals surface area contributed by atoms with Crippen LogP contribution in [0.5, 0.6) is 0 Å². The number of aliphatic hydroxyl groups excluding tert-OH is 1. The quantitative estimate of drug-likeness (QED) is 0.767. The molecule has 0 bridgehead atoms. The molecule has 0 aliphatic carbocycles. The van der Waals surface area contributed by atoms with Gasteiger partial charge in [-0.3, -0.25) is 4.79 Å². The van der Waals surface area contributed by atoms with E-state index >= 15 is 0 Å². The summed E-state index contributed by atoms with van der Waals surface area (Å²) < 4.78 is 0. The molecule has 0 aromatic heterocycles. The molecule has 0 radical (unpaired) electrons. The van der Waals surface area contributed by atoms with Crippen molar-refractivity contribution in [2.75, 3.05) is 6.54 Å². The van der Waals surface area contributed by atoms with Crippen LogP contribution in [-0.4, -0.2) is 29.2 Å². The molecule has 1 aliphatic heterocycles. The first-order chi connectivity index (χ1) is 8.90. The highest BCUT2D eigenvalue weighted by Crippen LogP contribution is 2.17. The molecule has 1 aliphatic rings. The van der Waals surface area contributed by atoms with Crippen molar-refractivity contribution in [3.05, 3.63) is 34.9 Å². The van der Waals surface area contributed by atoms with Crippen LogP contribution in [0.4, 0.5) is 0 Å². The SMILES string of the molecule is CC(O)C(C)(C)NC(=O)c1ccc2c(c1)CNCC2. The standard InChI is InChI=1S/C15H22N2O2/c1-10(18)15(2,3)17-14(19)12-5-4-11-6-7-16-9-13(11)8-12/h4-5,8,10,16,18H,6-7,9H2,1-3H3,(H,17,19). The smallest absolute Gasteiger partial charge is 0.251 e. The number of hydrogen-bond donors (Lipinski definition) is 3. The molecular formula is C15H22N2O2. The summed E-state index contributed by atoms with van der Waals surface area (Å²) in [5.74, 6) is -0.140. The van der Waals surface area contributed by atoms with E-state index in [-0.39, 0.29) is 5.91 Å². The van der Waals surface area contributed by atoms with Gasteiger partial charge >= 0.3 is 0 Å². The molecule has 1 aromatic rings. The highest BCUT2D eigenvalue weighted by Gasteiger charge is 2.26. The number of hydrogen-bond acceptors (Lipinski definition) is 3. The molecule has 19 heavy (non-hydrogen) atoms. The number of benzene rings is 1. The number of rotatable bonds is 3. The molecule has 0 saturated carbocycles. The Bertz CT molecular complexity index is 481. The van der Waals surface area contributed by atoms with Crippen LogP contribution in [0.15, 0.2) is 18.2 Å². The Balaban J connectivity index is 2.16. The van der Waals surface area contributed by atoms with Crippen molar-refractivity contribution in [3.63, 3.8) is 0 Å². The summed E-state index contributed by atoms with van der Waals surface area (Å²) in [5.41, 5.74) is 2.51. The lowest BCUT2D eigenvalue weighted by Gasteiger charge is -2.29. The highest BCUT2D eigenvalue weighted by molar-refractivity contribution is 5.95. The maximum atomic E-state index is 12.2. The Kier molecular flexibility index (Phi) is 3.92. The number of aliphatic hydroxyl groups is 1. The van der Waals surface area contributed by atoms with E-state index in [2.05, 4.69) is 10.6 Å². The Labute approximate surface area is 114 Å². The van der Waals surface area contributed by atoms with E-state index < -0.39 is 11.6 Å². The van der Waals surface area contributed by atoms with Crippen LogP contribution in [0.25, 0.3) is 0 Å². The predicted molar refractivity (Wildman–Crippen MR) is 75.1 cm³/mol. The zero-order valence-corrected chi connectivity index (χ0v) is 11.8. The molecule has 104 valence electrons. The lowest BCUT2D eigenvalue weighted by atomic mass is 9.96. The second-order valence-corrected chi connectivity index (χ2v) is 5.76. The van der Waals surface area contributed by atoms with E-state index in [1.54, 1.807) is 6.92 Å². The van der Waals surface area contributed by atoms with E-state index in [0.717, 1.165) is 19.5 Å². The van der Waals surface area contributed by atoms with Crippen molar-refractivity contribution in [3.8, 4) is 0 Å². The van der Waals surface area contributed by atoms with Gasteiger partial charge in [-0.15, -0.1) is 0 Å². The molecule has 1 amide bonds. The average molecular weight is 262 g/mol. The minimum absolute atomic E-state index is 0.140. The highest BCUT2D eigenvalue weighted by atomic mass is 16.3. The van der Waals surface area contributed by atoms with Crippen molar-refractivity contribution < 1.29 is 9.90 Å². The van der Waals surface area contributed by atoms with Crippen LogP contribution in [0.3, 0.4) is 0 Å². The topological polar surface area (TPSA) is 61.4 Å². The van der Waals surface area contributed by atoms with Gasteiger partial charge in [-0.1, -0.05) is 6.07 Å². The van der Waals surface area contributed by atoms with Crippen LogP contribution in [0.1, 0.15) is 42.3 Å². The van der Waals surface area contributed by atoms with Gasteiger partial charge in [-0.05, 0) is 57.0 Å². The first-order valence-corrected chi connectivity index (χ1v) is 6.73. The van der Waals surface area contributed by atoms with E-state index in [1.807, 2.05) is 32.0 Å². The van der Waals surface area contributed by atoms with Gasteiger partial charge in [0, 0.05) is 12.1 Å².